The summed E-state index contributed by atoms with van der Waals surface area (Å²) in [4.78, 5) is 24.6. The minimum absolute atomic E-state index is 0.00247. The highest BCUT2D eigenvalue weighted by molar-refractivity contribution is 5.84. The largest absolute Gasteiger partial charge is 0.484 e. The fourth-order valence-electron chi connectivity index (χ4n) is 4.70. The van der Waals surface area contributed by atoms with Crippen molar-refractivity contribution in [1.82, 2.24) is 21.3 Å². The fraction of sp³-hybridized carbons (Fsp3) is 0.600. The number of ether oxygens (including phenoxy) is 1. The third kappa shape index (κ3) is 4.51. The van der Waals surface area contributed by atoms with Crippen LogP contribution in [-0.4, -0.2) is 61.1 Å². The van der Waals surface area contributed by atoms with Gasteiger partial charge in [-0.05, 0) is 31.4 Å². The van der Waals surface area contributed by atoms with Gasteiger partial charge in [0.15, 0.2) is 6.61 Å². The second-order valence-electron chi connectivity index (χ2n) is 8.71. The highest BCUT2D eigenvalue weighted by Crippen LogP contribution is 2.60. The Kier molecular flexibility index (Phi) is 6.01. The van der Waals surface area contributed by atoms with Crippen LogP contribution in [0.2, 0.25) is 0 Å². The second kappa shape index (κ2) is 8.47. The van der Waals surface area contributed by atoms with E-state index in [4.69, 9.17) is 4.74 Å². The number of hydrogen-bond donors (Lipinski definition) is 4. The lowest BCUT2D eigenvalue weighted by molar-refractivity contribution is -0.151. The number of nitrogens with one attached hydrogen (secondary N) is 4. The Bertz CT molecular complexity index is 872. The third-order valence-corrected chi connectivity index (χ3v) is 6.19. The van der Waals surface area contributed by atoms with Crippen LogP contribution < -0.4 is 26.0 Å². The molecule has 4 N–H and O–H groups in total. The van der Waals surface area contributed by atoms with Crippen LogP contribution in [0.25, 0.3) is 0 Å². The molecule has 1 aromatic rings. The molecular formula is C20H23F5N4O3. The molecule has 0 radical (unpaired) electrons. The van der Waals surface area contributed by atoms with Gasteiger partial charge in [-0.25, -0.2) is 22.0 Å². The molecule has 1 saturated heterocycles. The SMILES string of the molecule is O=C(COc1ccc(C(F)F)c(F)c1)NC12CC(NC(=O)C3CNC(C(F)F)CN3)(C1)C2. The minimum Gasteiger partial charge on any atom is -0.484 e. The molecule has 1 aliphatic heterocycles. The number of benzene rings is 1. The lowest BCUT2D eigenvalue weighted by atomic mass is 9.44. The number of rotatable bonds is 8. The Hall–Kier alpha value is -2.47. The predicted octanol–water partition coefficient (Wildman–Crippen LogP) is 1.24. The standard InChI is InChI=1S/C20H23F5N4O3/c21-12-3-10(1-2-11(12)16(22)23)32-6-15(30)28-19-7-20(8-19,9-19)29-18(31)14-5-26-13(4-27-14)17(24)25/h1-3,13-14,16-17,26-27H,4-9H2,(H,28,30)(H,29,31). The van der Waals surface area contributed by atoms with E-state index in [0.717, 1.165) is 12.1 Å². The molecule has 176 valence electrons. The van der Waals surface area contributed by atoms with E-state index in [-0.39, 0.29) is 24.7 Å². The molecule has 7 nitrogen and oxygen atoms in total. The number of hydrogen-bond acceptors (Lipinski definition) is 5. The minimum atomic E-state index is -2.94. The summed E-state index contributed by atoms with van der Waals surface area (Å²) < 4.78 is 69.2. The summed E-state index contributed by atoms with van der Waals surface area (Å²) >= 11 is 0. The van der Waals surface area contributed by atoms with E-state index < -0.39 is 59.9 Å². The average molecular weight is 462 g/mol. The van der Waals surface area contributed by atoms with Crippen LogP contribution in [0.1, 0.15) is 31.3 Å². The molecule has 4 fully saturated rings. The van der Waals surface area contributed by atoms with Gasteiger partial charge in [0, 0.05) is 30.2 Å². The zero-order chi connectivity index (χ0) is 23.1. The summed E-state index contributed by atoms with van der Waals surface area (Å²) in [5.74, 6) is -1.87. The van der Waals surface area contributed by atoms with E-state index in [2.05, 4.69) is 21.3 Å². The molecule has 2 atom stereocenters. The quantitative estimate of drug-likeness (QED) is 0.437. The van der Waals surface area contributed by atoms with E-state index in [1.165, 1.54) is 6.07 Å². The van der Waals surface area contributed by atoms with Crippen molar-refractivity contribution in [3.8, 4) is 5.75 Å². The van der Waals surface area contributed by atoms with E-state index in [0.29, 0.717) is 19.3 Å². The summed E-state index contributed by atoms with van der Waals surface area (Å²) in [5.41, 5.74) is -1.60. The molecule has 3 saturated carbocycles. The Morgan fingerprint density at radius 2 is 1.75 bits per heavy atom. The van der Waals surface area contributed by atoms with Crippen molar-refractivity contribution in [2.75, 3.05) is 19.7 Å². The number of alkyl halides is 4. The lowest BCUT2D eigenvalue weighted by Gasteiger charge is -2.70. The van der Waals surface area contributed by atoms with Gasteiger partial charge in [0.1, 0.15) is 11.6 Å². The molecule has 2 unspecified atom stereocenters. The summed E-state index contributed by atoms with van der Waals surface area (Å²) in [7, 11) is 0. The number of carbonyl (C=O) groups is 2. The Labute approximate surface area is 180 Å². The zero-order valence-electron chi connectivity index (χ0n) is 16.9. The molecule has 1 heterocycles. The molecular weight excluding hydrogens is 439 g/mol. The lowest BCUT2D eigenvalue weighted by Crippen LogP contribution is -2.84. The van der Waals surface area contributed by atoms with Crippen LogP contribution in [0.15, 0.2) is 18.2 Å². The molecule has 12 heteroatoms. The van der Waals surface area contributed by atoms with Crippen molar-refractivity contribution in [2.24, 2.45) is 0 Å². The smallest absolute Gasteiger partial charge is 0.266 e. The number of carbonyl (C=O) groups excluding carboxylic acids is 2. The fourth-order valence-corrected chi connectivity index (χ4v) is 4.70. The first-order valence-corrected chi connectivity index (χ1v) is 10.2. The first-order valence-electron chi connectivity index (χ1n) is 10.2. The predicted molar refractivity (Wildman–Crippen MR) is 102 cm³/mol. The maximum absolute atomic E-state index is 13.6. The van der Waals surface area contributed by atoms with Gasteiger partial charge in [0.25, 0.3) is 18.8 Å². The van der Waals surface area contributed by atoms with E-state index in [1.807, 2.05) is 0 Å². The van der Waals surface area contributed by atoms with Gasteiger partial charge in [0.2, 0.25) is 5.91 Å². The first kappa shape index (κ1) is 22.7. The number of halogens is 5. The third-order valence-electron chi connectivity index (χ3n) is 6.19. The van der Waals surface area contributed by atoms with Crippen molar-refractivity contribution in [1.29, 1.82) is 0 Å². The van der Waals surface area contributed by atoms with Crippen LogP contribution in [0.3, 0.4) is 0 Å². The zero-order valence-corrected chi connectivity index (χ0v) is 16.9. The highest BCUT2D eigenvalue weighted by atomic mass is 19.3. The molecule has 32 heavy (non-hydrogen) atoms. The van der Waals surface area contributed by atoms with Gasteiger partial charge >= 0.3 is 0 Å². The van der Waals surface area contributed by atoms with Gasteiger partial charge in [-0.1, -0.05) is 0 Å². The summed E-state index contributed by atoms with van der Waals surface area (Å²) in [5, 5.41) is 11.2. The van der Waals surface area contributed by atoms with Gasteiger partial charge < -0.3 is 26.0 Å². The van der Waals surface area contributed by atoms with Crippen LogP contribution in [-0.2, 0) is 9.59 Å². The van der Waals surface area contributed by atoms with E-state index in [1.54, 1.807) is 0 Å². The molecule has 2 bridgehead atoms. The Morgan fingerprint density at radius 1 is 1.06 bits per heavy atom. The molecule has 4 aliphatic rings. The summed E-state index contributed by atoms with van der Waals surface area (Å²) in [6.07, 6.45) is -3.84. The molecule has 2 amide bonds. The Balaban J connectivity index is 1.18. The van der Waals surface area contributed by atoms with E-state index >= 15 is 0 Å². The van der Waals surface area contributed by atoms with Gasteiger partial charge in [-0.2, -0.15) is 0 Å². The Morgan fingerprint density at radius 3 is 2.31 bits per heavy atom. The number of piperazine rings is 1. The molecule has 5 rings (SSSR count). The molecule has 3 aliphatic carbocycles. The normalized spacial score (nSPS) is 31.0. The van der Waals surface area contributed by atoms with Crippen LogP contribution in [0.4, 0.5) is 22.0 Å². The molecule has 0 aromatic heterocycles. The van der Waals surface area contributed by atoms with Gasteiger partial charge in [0.05, 0.1) is 17.6 Å². The average Bonchev–Trinajstić information content (AvgIpc) is 2.69. The van der Waals surface area contributed by atoms with Crippen molar-refractivity contribution in [2.45, 2.75) is 55.3 Å². The number of amides is 2. The van der Waals surface area contributed by atoms with Crippen molar-refractivity contribution in [3.05, 3.63) is 29.6 Å². The van der Waals surface area contributed by atoms with Crippen LogP contribution in [0.5, 0.6) is 5.75 Å². The van der Waals surface area contributed by atoms with Crippen LogP contribution in [0, 0.1) is 5.82 Å². The first-order chi connectivity index (χ1) is 15.1. The van der Waals surface area contributed by atoms with Crippen molar-refractivity contribution >= 4 is 11.8 Å². The monoisotopic (exact) mass is 462 g/mol. The summed E-state index contributed by atoms with van der Waals surface area (Å²) in [6, 6.07) is 1.30. The van der Waals surface area contributed by atoms with E-state index in [9.17, 15) is 31.5 Å². The molecule has 1 aromatic carbocycles. The maximum atomic E-state index is 13.6. The van der Waals surface area contributed by atoms with Crippen molar-refractivity contribution < 1.29 is 36.3 Å². The van der Waals surface area contributed by atoms with Crippen molar-refractivity contribution in [3.63, 3.8) is 0 Å². The van der Waals surface area contributed by atoms with Crippen LogP contribution >= 0.6 is 0 Å². The molecule has 0 spiro atoms. The van der Waals surface area contributed by atoms with Gasteiger partial charge in [-0.15, -0.1) is 0 Å². The van der Waals surface area contributed by atoms with Gasteiger partial charge in [-0.3, -0.25) is 9.59 Å². The topological polar surface area (TPSA) is 91.5 Å². The maximum Gasteiger partial charge on any atom is 0.266 e. The summed E-state index contributed by atoms with van der Waals surface area (Å²) in [6.45, 7) is -0.302. The second-order valence-corrected chi connectivity index (χ2v) is 8.71. The highest BCUT2D eigenvalue weighted by Gasteiger charge is 2.69.